The minimum atomic E-state index is 0.0275. The molecule has 0 unspecified atom stereocenters. The van der Waals surface area contributed by atoms with E-state index >= 15 is 0 Å². The topological polar surface area (TPSA) is 38.8 Å². The Morgan fingerprint density at radius 3 is 2.94 bits per heavy atom. The zero-order chi connectivity index (χ0) is 13.1. The third-order valence-electron chi connectivity index (χ3n) is 2.93. The van der Waals surface area contributed by atoms with Crippen LogP contribution in [0.3, 0.4) is 0 Å². The summed E-state index contributed by atoms with van der Waals surface area (Å²) in [7, 11) is 1.60. The molecule has 1 aromatic rings. The minimum Gasteiger partial charge on any atom is -0.497 e. The Morgan fingerprint density at radius 1 is 1.56 bits per heavy atom. The van der Waals surface area contributed by atoms with E-state index in [1.54, 1.807) is 25.3 Å². The maximum Gasteiger partial charge on any atom is 0.255 e. The van der Waals surface area contributed by atoms with E-state index in [-0.39, 0.29) is 12.0 Å². The summed E-state index contributed by atoms with van der Waals surface area (Å²) in [6.45, 7) is 3.85. The van der Waals surface area contributed by atoms with Crippen LogP contribution in [0.1, 0.15) is 17.3 Å². The predicted octanol–water partition coefficient (Wildman–Crippen LogP) is 2.32. The van der Waals surface area contributed by atoms with E-state index in [0.717, 1.165) is 10.2 Å². The smallest absolute Gasteiger partial charge is 0.255 e. The first-order chi connectivity index (χ1) is 8.61. The number of hydrogen-bond donors (Lipinski definition) is 0. The SMILES string of the molecule is COc1ccc(C(=O)N2CCO[C@@H](C)C2)c(Br)c1. The van der Waals surface area contributed by atoms with Crippen molar-refractivity contribution in [2.45, 2.75) is 13.0 Å². The van der Waals surface area contributed by atoms with Crippen molar-refractivity contribution in [3.05, 3.63) is 28.2 Å². The number of ether oxygens (including phenoxy) is 2. The van der Waals surface area contributed by atoms with Crippen LogP contribution in [0.5, 0.6) is 5.75 Å². The average molecular weight is 314 g/mol. The molecule has 4 nitrogen and oxygen atoms in total. The van der Waals surface area contributed by atoms with Gasteiger partial charge in [-0.2, -0.15) is 0 Å². The maximum atomic E-state index is 12.4. The molecular weight excluding hydrogens is 298 g/mol. The van der Waals surface area contributed by atoms with Crippen molar-refractivity contribution in [3.8, 4) is 5.75 Å². The second-order valence-electron chi connectivity index (χ2n) is 4.28. The summed E-state index contributed by atoms with van der Waals surface area (Å²) in [5.41, 5.74) is 0.657. The van der Waals surface area contributed by atoms with E-state index in [2.05, 4.69) is 15.9 Å². The number of amides is 1. The lowest BCUT2D eigenvalue weighted by molar-refractivity contribution is -0.0124. The van der Waals surface area contributed by atoms with Crippen molar-refractivity contribution in [1.29, 1.82) is 0 Å². The Morgan fingerprint density at radius 2 is 2.33 bits per heavy atom. The summed E-state index contributed by atoms with van der Waals surface area (Å²) in [5, 5.41) is 0. The van der Waals surface area contributed by atoms with Crippen LogP contribution in [0.4, 0.5) is 0 Å². The van der Waals surface area contributed by atoms with Crippen LogP contribution >= 0.6 is 15.9 Å². The number of hydrogen-bond acceptors (Lipinski definition) is 3. The molecule has 0 N–H and O–H groups in total. The van der Waals surface area contributed by atoms with E-state index in [1.807, 2.05) is 11.8 Å². The molecule has 0 aliphatic carbocycles. The Kier molecular flexibility index (Phi) is 4.24. The van der Waals surface area contributed by atoms with Gasteiger partial charge in [0.05, 0.1) is 25.4 Å². The fraction of sp³-hybridized carbons (Fsp3) is 0.462. The number of morpholine rings is 1. The predicted molar refractivity (Wildman–Crippen MR) is 72.0 cm³/mol. The zero-order valence-corrected chi connectivity index (χ0v) is 12.1. The average Bonchev–Trinajstić information content (AvgIpc) is 2.37. The van der Waals surface area contributed by atoms with Gasteiger partial charge < -0.3 is 14.4 Å². The molecule has 1 saturated heterocycles. The molecular formula is C13H16BrNO3. The highest BCUT2D eigenvalue weighted by molar-refractivity contribution is 9.10. The molecule has 0 radical (unpaired) electrons. The first-order valence-corrected chi connectivity index (χ1v) is 6.65. The van der Waals surface area contributed by atoms with Crippen LogP contribution in [0, 0.1) is 0 Å². The Labute approximate surface area is 115 Å². The van der Waals surface area contributed by atoms with Gasteiger partial charge in [-0.25, -0.2) is 0 Å². The Bertz CT molecular complexity index is 450. The lowest BCUT2D eigenvalue weighted by Crippen LogP contribution is -2.44. The lowest BCUT2D eigenvalue weighted by Gasteiger charge is -2.31. The van der Waals surface area contributed by atoms with Crippen molar-refractivity contribution < 1.29 is 14.3 Å². The van der Waals surface area contributed by atoms with Gasteiger partial charge in [-0.1, -0.05) is 0 Å². The molecule has 1 atom stereocenters. The molecule has 0 bridgehead atoms. The minimum absolute atomic E-state index is 0.0275. The summed E-state index contributed by atoms with van der Waals surface area (Å²) in [4.78, 5) is 14.2. The van der Waals surface area contributed by atoms with E-state index in [4.69, 9.17) is 9.47 Å². The van der Waals surface area contributed by atoms with Crippen LogP contribution in [0.2, 0.25) is 0 Å². The van der Waals surface area contributed by atoms with Crippen molar-refractivity contribution in [1.82, 2.24) is 4.90 Å². The normalized spacial score (nSPS) is 19.7. The molecule has 1 aliphatic heterocycles. The fourth-order valence-corrected chi connectivity index (χ4v) is 2.50. The van der Waals surface area contributed by atoms with E-state index < -0.39 is 0 Å². The van der Waals surface area contributed by atoms with Crippen molar-refractivity contribution in [3.63, 3.8) is 0 Å². The highest BCUT2D eigenvalue weighted by Gasteiger charge is 2.23. The third kappa shape index (κ3) is 2.84. The maximum absolute atomic E-state index is 12.4. The Balaban J connectivity index is 2.17. The van der Waals surface area contributed by atoms with Gasteiger partial charge in [0.25, 0.3) is 5.91 Å². The number of halogens is 1. The van der Waals surface area contributed by atoms with Gasteiger partial charge in [-0.15, -0.1) is 0 Å². The number of carbonyl (C=O) groups excluding carboxylic acids is 1. The molecule has 5 heteroatoms. The molecule has 98 valence electrons. The zero-order valence-electron chi connectivity index (χ0n) is 10.5. The van der Waals surface area contributed by atoms with Gasteiger partial charge in [0.15, 0.2) is 0 Å². The highest BCUT2D eigenvalue weighted by Crippen LogP contribution is 2.24. The summed E-state index contributed by atoms with van der Waals surface area (Å²) < 4.78 is 11.3. The number of rotatable bonds is 2. The van der Waals surface area contributed by atoms with Crippen LogP contribution in [-0.2, 0) is 4.74 Å². The molecule has 0 aromatic heterocycles. The van der Waals surface area contributed by atoms with Gasteiger partial charge in [-0.05, 0) is 41.1 Å². The number of benzene rings is 1. The number of nitrogens with zero attached hydrogens (tertiary/aromatic N) is 1. The van der Waals surface area contributed by atoms with Crippen LogP contribution in [0.25, 0.3) is 0 Å². The van der Waals surface area contributed by atoms with Gasteiger partial charge in [0.1, 0.15) is 5.75 Å². The van der Waals surface area contributed by atoms with Crippen molar-refractivity contribution in [2.75, 3.05) is 26.8 Å². The number of carbonyl (C=O) groups is 1. The molecule has 0 saturated carbocycles. The summed E-state index contributed by atoms with van der Waals surface area (Å²) in [5.74, 6) is 0.758. The van der Waals surface area contributed by atoms with E-state index in [9.17, 15) is 4.79 Å². The summed E-state index contributed by atoms with van der Waals surface area (Å²) in [6, 6.07) is 5.38. The fourth-order valence-electron chi connectivity index (χ4n) is 1.97. The second-order valence-corrected chi connectivity index (χ2v) is 5.13. The van der Waals surface area contributed by atoms with Gasteiger partial charge in [0.2, 0.25) is 0 Å². The lowest BCUT2D eigenvalue weighted by atomic mass is 10.1. The molecule has 2 rings (SSSR count). The van der Waals surface area contributed by atoms with E-state index in [1.165, 1.54) is 0 Å². The van der Waals surface area contributed by atoms with Gasteiger partial charge in [-0.3, -0.25) is 4.79 Å². The van der Waals surface area contributed by atoms with Crippen LogP contribution in [0.15, 0.2) is 22.7 Å². The van der Waals surface area contributed by atoms with Crippen LogP contribution in [-0.4, -0.2) is 43.7 Å². The Hall–Kier alpha value is -1.07. The molecule has 18 heavy (non-hydrogen) atoms. The number of methoxy groups -OCH3 is 1. The molecule has 1 heterocycles. The molecule has 0 spiro atoms. The van der Waals surface area contributed by atoms with Crippen LogP contribution < -0.4 is 4.74 Å². The third-order valence-corrected chi connectivity index (χ3v) is 3.59. The van der Waals surface area contributed by atoms with Crippen molar-refractivity contribution in [2.24, 2.45) is 0 Å². The second kappa shape index (κ2) is 5.71. The standard InChI is InChI=1S/C13H16BrNO3/c1-9-8-15(5-6-18-9)13(16)11-4-3-10(17-2)7-12(11)14/h3-4,7,9H,5-6,8H2,1-2H3/t9-/m0/s1. The molecule has 1 aliphatic rings. The monoisotopic (exact) mass is 313 g/mol. The van der Waals surface area contributed by atoms with Gasteiger partial charge >= 0.3 is 0 Å². The summed E-state index contributed by atoms with van der Waals surface area (Å²) >= 11 is 3.41. The van der Waals surface area contributed by atoms with Crippen molar-refractivity contribution >= 4 is 21.8 Å². The van der Waals surface area contributed by atoms with Gasteiger partial charge in [0, 0.05) is 17.6 Å². The quantitative estimate of drug-likeness (QED) is 0.841. The molecule has 1 aromatic carbocycles. The van der Waals surface area contributed by atoms with E-state index in [0.29, 0.717) is 25.3 Å². The first kappa shape index (κ1) is 13.4. The largest absolute Gasteiger partial charge is 0.497 e. The molecule has 1 fully saturated rings. The first-order valence-electron chi connectivity index (χ1n) is 5.86. The highest BCUT2D eigenvalue weighted by atomic mass is 79.9. The molecule has 1 amide bonds. The summed E-state index contributed by atoms with van der Waals surface area (Å²) in [6.07, 6.45) is 0.0970.